The Morgan fingerprint density at radius 2 is 1.83 bits per heavy atom. The molecule has 154 valence electrons. The van der Waals surface area contributed by atoms with Gasteiger partial charge in [0.2, 0.25) is 10.0 Å². The number of amides is 1. The second-order valence-corrected chi connectivity index (χ2v) is 8.74. The molecular weight excluding hydrogens is 401 g/mol. The lowest BCUT2D eigenvalue weighted by atomic mass is 10.1. The number of carbonyl (C=O) groups excluding carboxylic acids is 1. The van der Waals surface area contributed by atoms with Crippen molar-refractivity contribution < 1.29 is 22.5 Å². The summed E-state index contributed by atoms with van der Waals surface area (Å²) in [4.78, 5) is 22.7. The molecule has 0 saturated carbocycles. The molecule has 0 radical (unpaired) electrons. The molecule has 1 amide bonds. The molecule has 2 aromatic carbocycles. The van der Waals surface area contributed by atoms with Crippen LogP contribution in [-0.2, 0) is 16.6 Å². The highest BCUT2D eigenvalue weighted by Gasteiger charge is 2.27. The van der Waals surface area contributed by atoms with E-state index in [2.05, 4.69) is 5.32 Å². The summed E-state index contributed by atoms with van der Waals surface area (Å²) in [6.07, 6.45) is 1.70. The molecule has 1 aliphatic rings. The minimum absolute atomic E-state index is 0.0617. The number of hydrogen-bond acceptors (Lipinski definition) is 5. The molecule has 29 heavy (non-hydrogen) atoms. The van der Waals surface area contributed by atoms with Crippen molar-refractivity contribution in [3.05, 3.63) is 69.0 Å². The summed E-state index contributed by atoms with van der Waals surface area (Å²) in [5.74, 6) is -1.50. The van der Waals surface area contributed by atoms with Crippen LogP contribution in [0.3, 0.4) is 0 Å². The van der Waals surface area contributed by atoms with E-state index >= 15 is 0 Å². The van der Waals surface area contributed by atoms with Crippen LogP contribution in [0.25, 0.3) is 0 Å². The Kier molecular flexibility index (Phi) is 5.94. The highest BCUT2D eigenvalue weighted by Crippen LogP contribution is 2.23. The van der Waals surface area contributed by atoms with Gasteiger partial charge in [0.25, 0.3) is 11.6 Å². The fourth-order valence-corrected chi connectivity index (χ4v) is 4.64. The van der Waals surface area contributed by atoms with Crippen LogP contribution in [0.15, 0.2) is 41.3 Å². The van der Waals surface area contributed by atoms with Gasteiger partial charge in [-0.15, -0.1) is 0 Å². The molecule has 2 aromatic rings. The maximum atomic E-state index is 13.9. The van der Waals surface area contributed by atoms with Gasteiger partial charge in [-0.1, -0.05) is 12.1 Å². The summed E-state index contributed by atoms with van der Waals surface area (Å²) in [6, 6.07) is 8.10. The SMILES string of the molecule is Cc1c(F)cc(C(=O)NCc2ccc(S(=O)(=O)N3CCCC3)cc2)cc1[N+](=O)[O-]. The maximum Gasteiger partial charge on any atom is 0.276 e. The molecule has 0 aliphatic carbocycles. The summed E-state index contributed by atoms with van der Waals surface area (Å²) < 4.78 is 40.3. The molecule has 0 unspecified atom stereocenters. The van der Waals surface area contributed by atoms with Gasteiger partial charge in [0.15, 0.2) is 0 Å². The molecule has 1 heterocycles. The lowest BCUT2D eigenvalue weighted by Gasteiger charge is -2.15. The molecule has 1 aliphatic heterocycles. The average molecular weight is 421 g/mol. The van der Waals surface area contributed by atoms with E-state index in [-0.39, 0.29) is 22.6 Å². The molecule has 1 N–H and O–H groups in total. The van der Waals surface area contributed by atoms with Gasteiger partial charge in [0, 0.05) is 31.3 Å². The van der Waals surface area contributed by atoms with Crippen LogP contribution in [0.4, 0.5) is 10.1 Å². The van der Waals surface area contributed by atoms with Crippen molar-refractivity contribution in [3.8, 4) is 0 Å². The molecule has 3 rings (SSSR count). The highest BCUT2D eigenvalue weighted by atomic mass is 32.2. The number of benzene rings is 2. The summed E-state index contributed by atoms with van der Waals surface area (Å²) >= 11 is 0. The number of nitrogens with zero attached hydrogens (tertiary/aromatic N) is 2. The van der Waals surface area contributed by atoms with Crippen molar-refractivity contribution in [2.75, 3.05) is 13.1 Å². The molecule has 8 nitrogen and oxygen atoms in total. The second-order valence-electron chi connectivity index (χ2n) is 6.80. The first-order valence-electron chi connectivity index (χ1n) is 9.02. The quantitative estimate of drug-likeness (QED) is 0.570. The van der Waals surface area contributed by atoms with E-state index in [0.29, 0.717) is 18.7 Å². The molecule has 1 saturated heterocycles. The molecule has 0 spiro atoms. The van der Waals surface area contributed by atoms with E-state index in [1.807, 2.05) is 0 Å². The van der Waals surface area contributed by atoms with Crippen molar-refractivity contribution in [3.63, 3.8) is 0 Å². The van der Waals surface area contributed by atoms with E-state index in [1.165, 1.54) is 23.4 Å². The number of hydrogen-bond donors (Lipinski definition) is 1. The Labute approximate surface area is 167 Å². The zero-order valence-electron chi connectivity index (χ0n) is 15.7. The minimum Gasteiger partial charge on any atom is -0.348 e. The maximum absolute atomic E-state index is 13.9. The van der Waals surface area contributed by atoms with Gasteiger partial charge in [-0.2, -0.15) is 4.31 Å². The van der Waals surface area contributed by atoms with E-state index in [9.17, 15) is 27.7 Å². The normalized spacial score (nSPS) is 14.7. The predicted molar refractivity (Wildman–Crippen MR) is 103 cm³/mol. The molecular formula is C19H20FN3O5S. The number of nitro benzene ring substituents is 1. The Balaban J connectivity index is 1.69. The van der Waals surface area contributed by atoms with E-state index in [4.69, 9.17) is 0 Å². The lowest BCUT2D eigenvalue weighted by Crippen LogP contribution is -2.28. The van der Waals surface area contributed by atoms with Crippen molar-refractivity contribution in [1.29, 1.82) is 0 Å². The summed E-state index contributed by atoms with van der Waals surface area (Å²) in [5.41, 5.74) is -0.123. The fourth-order valence-electron chi connectivity index (χ4n) is 3.13. The first-order chi connectivity index (χ1) is 13.7. The van der Waals surface area contributed by atoms with Gasteiger partial charge in [0.1, 0.15) is 5.82 Å². The van der Waals surface area contributed by atoms with Crippen molar-refractivity contribution in [2.45, 2.75) is 31.2 Å². The third kappa shape index (κ3) is 4.43. The third-order valence-corrected chi connectivity index (χ3v) is 6.77. The third-order valence-electron chi connectivity index (χ3n) is 4.86. The van der Waals surface area contributed by atoms with Crippen LogP contribution < -0.4 is 5.32 Å². The number of halogens is 1. The van der Waals surface area contributed by atoms with Gasteiger partial charge >= 0.3 is 0 Å². The van der Waals surface area contributed by atoms with E-state index < -0.39 is 32.4 Å². The van der Waals surface area contributed by atoms with E-state index in [1.54, 1.807) is 12.1 Å². The zero-order chi connectivity index (χ0) is 21.2. The Hall–Kier alpha value is -2.85. The number of sulfonamides is 1. The molecule has 0 atom stereocenters. The molecule has 10 heteroatoms. The van der Waals surface area contributed by atoms with Crippen molar-refractivity contribution in [1.82, 2.24) is 9.62 Å². The van der Waals surface area contributed by atoms with Crippen LogP contribution in [0.2, 0.25) is 0 Å². The van der Waals surface area contributed by atoms with Gasteiger partial charge in [-0.3, -0.25) is 14.9 Å². The van der Waals surface area contributed by atoms with Crippen molar-refractivity contribution >= 4 is 21.6 Å². The number of nitrogens with one attached hydrogen (secondary N) is 1. The Morgan fingerprint density at radius 1 is 1.21 bits per heavy atom. The van der Waals surface area contributed by atoms with Crippen LogP contribution in [0.5, 0.6) is 0 Å². The Morgan fingerprint density at radius 3 is 2.41 bits per heavy atom. The van der Waals surface area contributed by atoms with Gasteiger partial charge in [0.05, 0.1) is 15.4 Å². The largest absolute Gasteiger partial charge is 0.348 e. The summed E-state index contributed by atoms with van der Waals surface area (Å²) in [5, 5.41) is 13.5. The lowest BCUT2D eigenvalue weighted by molar-refractivity contribution is -0.385. The predicted octanol–water partition coefficient (Wildman–Crippen LogP) is 2.76. The average Bonchev–Trinajstić information content (AvgIpc) is 3.24. The number of rotatable bonds is 6. The van der Waals surface area contributed by atoms with Crippen LogP contribution in [0, 0.1) is 22.9 Å². The van der Waals surface area contributed by atoms with Crippen LogP contribution >= 0.6 is 0 Å². The van der Waals surface area contributed by atoms with Crippen LogP contribution in [0.1, 0.15) is 34.3 Å². The Bertz CT molecular complexity index is 1050. The minimum atomic E-state index is -3.51. The standard InChI is InChI=1S/C19H20FN3O5S/c1-13-17(20)10-15(11-18(13)23(25)26)19(24)21-12-14-4-6-16(7-5-14)29(27,28)22-8-2-3-9-22/h4-7,10-11H,2-3,8-9,12H2,1H3,(H,21,24). The second kappa shape index (κ2) is 8.26. The monoisotopic (exact) mass is 421 g/mol. The number of nitro groups is 1. The first kappa shape index (κ1) is 20.9. The number of carbonyl (C=O) groups is 1. The van der Waals surface area contributed by atoms with Crippen molar-refractivity contribution in [2.24, 2.45) is 0 Å². The fraction of sp³-hybridized carbons (Fsp3) is 0.316. The molecule has 0 aromatic heterocycles. The van der Waals surface area contributed by atoms with Gasteiger partial charge in [-0.25, -0.2) is 12.8 Å². The smallest absolute Gasteiger partial charge is 0.276 e. The van der Waals surface area contributed by atoms with Gasteiger partial charge in [-0.05, 0) is 43.5 Å². The molecule has 0 bridgehead atoms. The van der Waals surface area contributed by atoms with Crippen LogP contribution in [-0.4, -0.2) is 36.6 Å². The molecule has 1 fully saturated rings. The summed E-state index contributed by atoms with van der Waals surface area (Å²) in [6.45, 7) is 2.36. The topological polar surface area (TPSA) is 110 Å². The first-order valence-corrected chi connectivity index (χ1v) is 10.5. The zero-order valence-corrected chi connectivity index (χ0v) is 16.5. The highest BCUT2D eigenvalue weighted by molar-refractivity contribution is 7.89. The summed E-state index contributed by atoms with van der Waals surface area (Å²) in [7, 11) is -3.51. The van der Waals surface area contributed by atoms with Gasteiger partial charge < -0.3 is 5.32 Å². The van der Waals surface area contributed by atoms with E-state index in [0.717, 1.165) is 25.0 Å².